The third-order valence-corrected chi connectivity index (χ3v) is 5.59. The number of nitrogens with zero attached hydrogens (tertiary/aromatic N) is 3. The van der Waals surface area contributed by atoms with Gasteiger partial charge in [0, 0.05) is 0 Å². The number of rotatable bonds is 6. The van der Waals surface area contributed by atoms with Gasteiger partial charge >= 0.3 is 5.97 Å². The van der Waals surface area contributed by atoms with Crippen molar-refractivity contribution in [2.24, 2.45) is 5.92 Å². The third kappa shape index (κ3) is 3.77. The monoisotopic (exact) mass is 438 g/mol. The molecule has 0 bridgehead atoms. The van der Waals surface area contributed by atoms with Crippen molar-refractivity contribution in [2.75, 3.05) is 19.5 Å². The van der Waals surface area contributed by atoms with Gasteiger partial charge < -0.3 is 15.2 Å². The highest BCUT2D eigenvalue weighted by Crippen LogP contribution is 2.34. The molecule has 1 atom stereocenters. The second-order valence-corrected chi connectivity index (χ2v) is 7.82. The summed E-state index contributed by atoms with van der Waals surface area (Å²) in [4.78, 5) is 22.4. The predicted molar refractivity (Wildman–Crippen MR) is 122 cm³/mol. The van der Waals surface area contributed by atoms with Gasteiger partial charge in [-0.25, -0.2) is 14.8 Å². The van der Waals surface area contributed by atoms with Gasteiger partial charge in [0.15, 0.2) is 5.65 Å². The van der Waals surface area contributed by atoms with Gasteiger partial charge in [0.25, 0.3) is 0 Å². The maximum absolute atomic E-state index is 13.0. The highest BCUT2D eigenvalue weighted by Gasteiger charge is 2.26. The molecule has 0 aliphatic rings. The second kappa shape index (κ2) is 8.43. The van der Waals surface area contributed by atoms with Gasteiger partial charge in [0.2, 0.25) is 0 Å². The van der Waals surface area contributed by atoms with E-state index in [9.17, 15) is 4.79 Å². The normalized spacial score (nSPS) is 12.3. The number of carbonyl (C=O) groups is 1. The molecule has 0 aliphatic heterocycles. The lowest BCUT2D eigenvalue weighted by molar-refractivity contribution is 0.0450. The number of hydrogen-bond donors (Lipinski definition) is 1. The van der Waals surface area contributed by atoms with Crippen LogP contribution in [0.15, 0.2) is 42.5 Å². The largest absolute Gasteiger partial charge is 0.495 e. The van der Waals surface area contributed by atoms with Crippen molar-refractivity contribution in [1.82, 2.24) is 14.5 Å². The number of anilines is 1. The van der Waals surface area contributed by atoms with E-state index in [1.807, 2.05) is 38.1 Å². The molecule has 0 amide bonds. The smallest absolute Gasteiger partial charge is 0.344 e. The number of nitrogen functional groups attached to an aromatic ring is 1. The third-order valence-electron chi connectivity index (χ3n) is 5.29. The number of nitrogens with two attached hydrogens (primary N) is 1. The number of benzene rings is 2. The molecular formula is C23H23ClN4O3. The molecule has 8 heteroatoms. The summed E-state index contributed by atoms with van der Waals surface area (Å²) in [5, 5.41) is 0.413. The molecule has 7 nitrogen and oxygen atoms in total. The molecule has 160 valence electrons. The molecule has 4 rings (SSSR count). The summed E-state index contributed by atoms with van der Waals surface area (Å²) in [6.45, 7) is 4.37. The molecule has 2 N–H and O–H groups in total. The van der Waals surface area contributed by atoms with Crippen LogP contribution in [0.1, 0.15) is 30.6 Å². The van der Waals surface area contributed by atoms with E-state index < -0.39 is 5.97 Å². The van der Waals surface area contributed by atoms with E-state index in [2.05, 4.69) is 4.98 Å². The minimum atomic E-state index is -0.522. The van der Waals surface area contributed by atoms with Crippen molar-refractivity contribution in [3.05, 3.63) is 53.1 Å². The van der Waals surface area contributed by atoms with Crippen molar-refractivity contribution in [3.8, 4) is 11.4 Å². The molecule has 2 heterocycles. The Bertz CT molecular complexity index is 1290. The fourth-order valence-corrected chi connectivity index (χ4v) is 3.58. The first-order valence-corrected chi connectivity index (χ1v) is 10.4. The van der Waals surface area contributed by atoms with Crippen molar-refractivity contribution in [1.29, 1.82) is 0 Å². The fourth-order valence-electron chi connectivity index (χ4n) is 3.33. The van der Waals surface area contributed by atoms with E-state index in [0.717, 1.165) is 6.42 Å². The van der Waals surface area contributed by atoms with Crippen LogP contribution < -0.4 is 10.5 Å². The van der Waals surface area contributed by atoms with Crippen molar-refractivity contribution in [3.63, 3.8) is 0 Å². The van der Waals surface area contributed by atoms with E-state index in [-0.39, 0.29) is 17.3 Å². The first-order chi connectivity index (χ1) is 14.9. The van der Waals surface area contributed by atoms with Crippen LogP contribution >= 0.6 is 11.6 Å². The van der Waals surface area contributed by atoms with Crippen molar-refractivity contribution in [2.45, 2.75) is 20.3 Å². The molecule has 2 aromatic heterocycles. The number of fused-ring (bicyclic) bond motifs is 2. The average molecular weight is 439 g/mol. The van der Waals surface area contributed by atoms with Crippen molar-refractivity contribution < 1.29 is 14.3 Å². The summed E-state index contributed by atoms with van der Waals surface area (Å²) in [6.07, 6.45) is 0.902. The molecule has 2 aromatic carbocycles. The van der Waals surface area contributed by atoms with Gasteiger partial charge in [-0.2, -0.15) is 0 Å². The topological polar surface area (TPSA) is 92.3 Å². The number of aromatic nitrogens is 3. The zero-order chi connectivity index (χ0) is 22.1. The van der Waals surface area contributed by atoms with Crippen molar-refractivity contribution >= 4 is 45.6 Å². The number of carbonyl (C=O) groups excluding carboxylic acids is 1. The molecular weight excluding hydrogens is 416 g/mol. The number of para-hydroxylation sites is 2. The summed E-state index contributed by atoms with van der Waals surface area (Å²) in [5.41, 5.74) is 9.50. The summed E-state index contributed by atoms with van der Waals surface area (Å²) in [5.74, 6) is 0.447. The molecule has 1 unspecified atom stereocenters. The Hall–Kier alpha value is -3.32. The van der Waals surface area contributed by atoms with Gasteiger partial charge in [0.05, 0.1) is 35.5 Å². The van der Waals surface area contributed by atoms with Crippen LogP contribution in [-0.2, 0) is 4.74 Å². The van der Waals surface area contributed by atoms with Gasteiger partial charge in [-0.3, -0.25) is 4.57 Å². The maximum Gasteiger partial charge on any atom is 0.344 e. The number of esters is 1. The van der Waals surface area contributed by atoms with Crippen LogP contribution in [0, 0.1) is 5.92 Å². The number of ether oxygens (including phenoxy) is 2. The number of halogens is 1. The van der Waals surface area contributed by atoms with Gasteiger partial charge in [-0.15, -0.1) is 0 Å². The van der Waals surface area contributed by atoms with Gasteiger partial charge in [-0.05, 0) is 36.2 Å². The van der Waals surface area contributed by atoms with E-state index in [0.29, 0.717) is 45.3 Å². The lowest BCUT2D eigenvalue weighted by Gasteiger charge is -2.11. The van der Waals surface area contributed by atoms with Crippen LogP contribution in [0.25, 0.3) is 27.9 Å². The van der Waals surface area contributed by atoms with Crippen LogP contribution in [0.3, 0.4) is 0 Å². The number of methoxy groups -OCH3 is 1. The first kappa shape index (κ1) is 20.9. The molecule has 0 aliphatic carbocycles. The zero-order valence-electron chi connectivity index (χ0n) is 17.6. The highest BCUT2D eigenvalue weighted by molar-refractivity contribution is 6.32. The molecule has 0 saturated carbocycles. The quantitative estimate of drug-likeness (QED) is 0.425. The SMILES string of the molecule is CCC(C)COC(=O)c1c(N)n(-c2ccc(OC)c(Cl)c2)c2nc3ccccc3nc12. The Balaban J connectivity index is 1.95. The summed E-state index contributed by atoms with van der Waals surface area (Å²) >= 11 is 6.34. The molecule has 0 spiro atoms. The van der Waals surface area contributed by atoms with Crippen LogP contribution in [0.2, 0.25) is 5.02 Å². The summed E-state index contributed by atoms with van der Waals surface area (Å²) < 4.78 is 12.5. The predicted octanol–water partition coefficient (Wildman–Crippen LogP) is 5.02. The molecule has 0 radical (unpaired) electrons. The molecule has 0 saturated heterocycles. The van der Waals surface area contributed by atoms with Gasteiger partial charge in [0.1, 0.15) is 22.6 Å². The molecule has 31 heavy (non-hydrogen) atoms. The van der Waals surface area contributed by atoms with E-state index in [4.69, 9.17) is 31.8 Å². The Morgan fingerprint density at radius 1 is 1.19 bits per heavy atom. The van der Waals surface area contributed by atoms with Crippen LogP contribution in [0.4, 0.5) is 5.82 Å². The average Bonchev–Trinajstić information content (AvgIpc) is 3.06. The number of hydrogen-bond acceptors (Lipinski definition) is 6. The highest BCUT2D eigenvalue weighted by atomic mass is 35.5. The van der Waals surface area contributed by atoms with Gasteiger partial charge in [-0.1, -0.05) is 44.0 Å². The maximum atomic E-state index is 13.0. The zero-order valence-corrected chi connectivity index (χ0v) is 18.3. The molecule has 0 fully saturated rings. The Labute approximate surface area is 184 Å². The minimum Gasteiger partial charge on any atom is -0.495 e. The van der Waals surface area contributed by atoms with E-state index in [1.54, 1.807) is 29.9 Å². The lowest BCUT2D eigenvalue weighted by atomic mass is 10.1. The lowest BCUT2D eigenvalue weighted by Crippen LogP contribution is -2.13. The molecule has 4 aromatic rings. The Morgan fingerprint density at radius 3 is 2.55 bits per heavy atom. The summed E-state index contributed by atoms with van der Waals surface area (Å²) in [7, 11) is 1.54. The van der Waals surface area contributed by atoms with E-state index >= 15 is 0 Å². The summed E-state index contributed by atoms with van der Waals surface area (Å²) in [6, 6.07) is 12.7. The van der Waals surface area contributed by atoms with E-state index in [1.165, 1.54) is 0 Å². The minimum absolute atomic E-state index is 0.195. The Kier molecular flexibility index (Phi) is 5.69. The van der Waals surface area contributed by atoms with Crippen LogP contribution in [-0.4, -0.2) is 34.2 Å². The first-order valence-electron chi connectivity index (χ1n) is 10.0. The fraction of sp³-hybridized carbons (Fsp3) is 0.261. The Morgan fingerprint density at radius 2 is 1.90 bits per heavy atom. The van der Waals surface area contributed by atoms with Crippen LogP contribution in [0.5, 0.6) is 5.75 Å². The standard InChI is InChI=1S/C23H23ClN4O3/c1-4-13(2)12-31-23(29)19-20-22(27-17-8-6-5-7-16(17)26-20)28(21(19)25)14-9-10-18(30-3)15(24)11-14/h5-11,13H,4,12,25H2,1-3H3. The second-order valence-electron chi connectivity index (χ2n) is 7.41.